The maximum absolute atomic E-state index is 12.5. The van der Waals surface area contributed by atoms with Gasteiger partial charge in [0.25, 0.3) is 5.91 Å². The summed E-state index contributed by atoms with van der Waals surface area (Å²) in [5.74, 6) is 0.713. The average molecular weight is 366 g/mol. The Kier molecular flexibility index (Phi) is 5.38. The molecule has 1 aromatic heterocycles. The zero-order chi connectivity index (χ0) is 18.7. The summed E-state index contributed by atoms with van der Waals surface area (Å²) in [6.45, 7) is 8.27. The Labute approximate surface area is 157 Å². The third kappa shape index (κ3) is 4.29. The van der Waals surface area contributed by atoms with Gasteiger partial charge in [-0.05, 0) is 57.0 Å². The van der Waals surface area contributed by atoms with Gasteiger partial charge in [0.1, 0.15) is 22.2 Å². The van der Waals surface area contributed by atoms with Crippen LogP contribution < -0.4 is 10.1 Å². The summed E-state index contributed by atoms with van der Waals surface area (Å²) in [5.41, 5.74) is 4.89. The molecule has 0 spiro atoms. The van der Waals surface area contributed by atoms with Gasteiger partial charge in [-0.15, -0.1) is 11.3 Å². The van der Waals surface area contributed by atoms with Crippen molar-refractivity contribution in [1.82, 2.24) is 4.98 Å². The molecule has 26 heavy (non-hydrogen) atoms. The van der Waals surface area contributed by atoms with E-state index in [-0.39, 0.29) is 5.91 Å². The fraction of sp³-hybridized carbons (Fsp3) is 0.238. The first-order chi connectivity index (χ1) is 12.4. The molecule has 0 aliphatic heterocycles. The monoisotopic (exact) mass is 366 g/mol. The van der Waals surface area contributed by atoms with Crippen LogP contribution in [-0.4, -0.2) is 10.9 Å². The molecule has 0 aliphatic carbocycles. The molecule has 0 atom stereocenters. The molecular formula is C21H22N2O2S. The number of rotatable bonds is 5. The molecule has 134 valence electrons. The number of aryl methyl sites for hydroxylation is 4. The fourth-order valence-corrected chi connectivity index (χ4v) is 3.42. The highest BCUT2D eigenvalue weighted by atomic mass is 32.1. The lowest BCUT2D eigenvalue weighted by Gasteiger charge is -2.08. The number of hydrogen-bond acceptors (Lipinski definition) is 4. The molecule has 3 aromatic rings. The van der Waals surface area contributed by atoms with Crippen LogP contribution in [0.2, 0.25) is 0 Å². The summed E-state index contributed by atoms with van der Waals surface area (Å²) < 4.78 is 5.90. The predicted octanol–water partition coefficient (Wildman–Crippen LogP) is 5.21. The Balaban J connectivity index is 1.69. The Bertz CT molecular complexity index is 930. The van der Waals surface area contributed by atoms with E-state index >= 15 is 0 Å². The number of benzene rings is 2. The van der Waals surface area contributed by atoms with Crippen LogP contribution in [-0.2, 0) is 6.61 Å². The van der Waals surface area contributed by atoms with E-state index in [1.807, 2.05) is 64.1 Å². The Hall–Kier alpha value is -2.66. The van der Waals surface area contributed by atoms with Crippen molar-refractivity contribution in [1.29, 1.82) is 0 Å². The molecule has 0 unspecified atom stereocenters. The van der Waals surface area contributed by atoms with Crippen molar-refractivity contribution in [3.05, 3.63) is 74.7 Å². The van der Waals surface area contributed by atoms with Crippen molar-refractivity contribution >= 4 is 22.9 Å². The number of carbonyl (C=O) groups excluding carboxylic acids is 1. The lowest BCUT2D eigenvalue weighted by Crippen LogP contribution is -2.11. The van der Waals surface area contributed by atoms with Crippen LogP contribution in [0.3, 0.4) is 0 Å². The number of amides is 1. The topological polar surface area (TPSA) is 51.2 Å². The molecule has 4 nitrogen and oxygen atoms in total. The van der Waals surface area contributed by atoms with Crippen LogP contribution in [0.25, 0.3) is 0 Å². The molecule has 0 bridgehead atoms. The van der Waals surface area contributed by atoms with Crippen LogP contribution in [0.5, 0.6) is 5.75 Å². The number of ether oxygens (including phenoxy) is 1. The van der Waals surface area contributed by atoms with Crippen molar-refractivity contribution in [2.24, 2.45) is 0 Å². The second kappa shape index (κ2) is 7.70. The van der Waals surface area contributed by atoms with Gasteiger partial charge in [-0.3, -0.25) is 4.79 Å². The van der Waals surface area contributed by atoms with Gasteiger partial charge in [0.15, 0.2) is 0 Å². The van der Waals surface area contributed by atoms with E-state index in [1.54, 1.807) is 0 Å². The Morgan fingerprint density at radius 3 is 2.46 bits per heavy atom. The highest BCUT2D eigenvalue weighted by Gasteiger charge is 2.16. The van der Waals surface area contributed by atoms with Gasteiger partial charge < -0.3 is 10.1 Å². The molecule has 5 heteroatoms. The van der Waals surface area contributed by atoms with Crippen molar-refractivity contribution in [2.45, 2.75) is 34.3 Å². The van der Waals surface area contributed by atoms with Gasteiger partial charge in [-0.2, -0.15) is 0 Å². The van der Waals surface area contributed by atoms with Gasteiger partial charge >= 0.3 is 0 Å². The Morgan fingerprint density at radius 1 is 1.04 bits per heavy atom. The third-order valence-corrected chi connectivity index (χ3v) is 5.18. The molecule has 0 fully saturated rings. The number of thiazole rings is 1. The minimum absolute atomic E-state index is 0.137. The van der Waals surface area contributed by atoms with Gasteiger partial charge in [0, 0.05) is 5.69 Å². The summed E-state index contributed by atoms with van der Waals surface area (Å²) >= 11 is 1.37. The van der Waals surface area contributed by atoms with E-state index in [2.05, 4.69) is 16.4 Å². The van der Waals surface area contributed by atoms with Crippen LogP contribution in [0.1, 0.15) is 37.1 Å². The van der Waals surface area contributed by atoms with Crippen molar-refractivity contribution < 1.29 is 9.53 Å². The molecule has 3 rings (SSSR count). The maximum atomic E-state index is 12.5. The van der Waals surface area contributed by atoms with Gasteiger partial charge in [-0.1, -0.05) is 29.8 Å². The first kappa shape index (κ1) is 18.1. The highest BCUT2D eigenvalue weighted by Crippen LogP contribution is 2.24. The van der Waals surface area contributed by atoms with Crippen LogP contribution in [0, 0.1) is 27.7 Å². The number of hydrogen-bond donors (Lipinski definition) is 1. The number of nitrogens with one attached hydrogen (secondary N) is 1. The molecule has 1 heterocycles. The van der Waals surface area contributed by atoms with E-state index in [0.29, 0.717) is 11.5 Å². The zero-order valence-corrected chi connectivity index (χ0v) is 16.2. The van der Waals surface area contributed by atoms with E-state index in [1.165, 1.54) is 11.3 Å². The van der Waals surface area contributed by atoms with Crippen molar-refractivity contribution in [2.75, 3.05) is 5.32 Å². The summed E-state index contributed by atoms with van der Waals surface area (Å²) in [7, 11) is 0. The predicted molar refractivity (Wildman–Crippen MR) is 106 cm³/mol. The van der Waals surface area contributed by atoms with E-state index in [0.717, 1.165) is 38.8 Å². The van der Waals surface area contributed by atoms with E-state index in [9.17, 15) is 4.79 Å². The second-order valence-electron chi connectivity index (χ2n) is 6.40. The van der Waals surface area contributed by atoms with E-state index < -0.39 is 0 Å². The molecule has 0 aliphatic rings. The number of aromatic nitrogens is 1. The fourth-order valence-electron chi connectivity index (χ4n) is 2.55. The number of anilines is 1. The number of nitrogens with zero attached hydrogens (tertiary/aromatic N) is 1. The van der Waals surface area contributed by atoms with Crippen LogP contribution in [0.4, 0.5) is 5.69 Å². The average Bonchev–Trinajstić information content (AvgIpc) is 2.98. The summed E-state index contributed by atoms with van der Waals surface area (Å²) in [5, 5.41) is 3.71. The van der Waals surface area contributed by atoms with E-state index in [4.69, 9.17) is 4.74 Å². The largest absolute Gasteiger partial charge is 0.486 e. The first-order valence-corrected chi connectivity index (χ1v) is 9.28. The minimum atomic E-state index is -0.137. The molecule has 0 saturated carbocycles. The standard InChI is InChI=1S/C21H22N2O2S/c1-13-6-9-17(10-7-13)23-21(24)20-16(4)22-19(26-20)12-25-18-11-14(2)5-8-15(18)3/h5-11H,12H2,1-4H3,(H,23,24). The molecule has 2 aromatic carbocycles. The molecular weight excluding hydrogens is 344 g/mol. The molecule has 0 saturated heterocycles. The summed E-state index contributed by atoms with van der Waals surface area (Å²) in [4.78, 5) is 17.6. The molecule has 0 radical (unpaired) electrons. The molecule has 1 N–H and O–H groups in total. The maximum Gasteiger partial charge on any atom is 0.267 e. The third-order valence-electron chi connectivity index (χ3n) is 4.05. The van der Waals surface area contributed by atoms with Gasteiger partial charge in [-0.25, -0.2) is 4.98 Å². The van der Waals surface area contributed by atoms with Crippen LogP contribution >= 0.6 is 11.3 Å². The second-order valence-corrected chi connectivity index (χ2v) is 7.48. The smallest absolute Gasteiger partial charge is 0.267 e. The Morgan fingerprint density at radius 2 is 1.73 bits per heavy atom. The minimum Gasteiger partial charge on any atom is -0.486 e. The quantitative estimate of drug-likeness (QED) is 0.674. The first-order valence-electron chi connectivity index (χ1n) is 8.47. The van der Waals surface area contributed by atoms with Gasteiger partial charge in [0.05, 0.1) is 5.69 Å². The number of carbonyl (C=O) groups is 1. The summed E-state index contributed by atoms with van der Waals surface area (Å²) in [6, 6.07) is 13.8. The lowest BCUT2D eigenvalue weighted by atomic mass is 10.1. The zero-order valence-electron chi connectivity index (χ0n) is 15.4. The summed E-state index contributed by atoms with van der Waals surface area (Å²) in [6.07, 6.45) is 0. The van der Waals surface area contributed by atoms with Gasteiger partial charge in [0.2, 0.25) is 0 Å². The van der Waals surface area contributed by atoms with Crippen molar-refractivity contribution in [3.63, 3.8) is 0 Å². The lowest BCUT2D eigenvalue weighted by molar-refractivity contribution is 0.103. The normalized spacial score (nSPS) is 10.6. The highest BCUT2D eigenvalue weighted by molar-refractivity contribution is 7.13. The van der Waals surface area contributed by atoms with Crippen molar-refractivity contribution in [3.8, 4) is 5.75 Å². The SMILES string of the molecule is Cc1ccc(NC(=O)c2sc(COc3cc(C)ccc3C)nc2C)cc1. The van der Waals surface area contributed by atoms with Crippen LogP contribution in [0.15, 0.2) is 42.5 Å². The molecule has 1 amide bonds.